The van der Waals surface area contributed by atoms with E-state index >= 15 is 0 Å². The highest BCUT2D eigenvalue weighted by molar-refractivity contribution is 4.79. The van der Waals surface area contributed by atoms with E-state index in [9.17, 15) is 0 Å². The molecule has 0 radical (unpaired) electrons. The predicted octanol–water partition coefficient (Wildman–Crippen LogP) is -3.23. The van der Waals surface area contributed by atoms with Crippen molar-refractivity contribution in [2.45, 2.75) is 32.0 Å². The molecule has 106 valence electrons. The maximum Gasteiger partial charge on any atom is 0.206 e. The summed E-state index contributed by atoms with van der Waals surface area (Å²) in [5.41, 5.74) is 0. The van der Waals surface area contributed by atoms with Crippen molar-refractivity contribution < 1.29 is 14.5 Å². The largest absolute Gasteiger partial charge is 0.376 e. The Balaban J connectivity index is 1.57. The fraction of sp³-hybridized carbons (Fsp3) is 0.917. The lowest BCUT2D eigenvalue weighted by molar-refractivity contribution is -1.01. The summed E-state index contributed by atoms with van der Waals surface area (Å²) in [4.78, 5) is 3.22. The Morgan fingerprint density at radius 2 is 2.16 bits per heavy atom. The second-order valence-electron chi connectivity index (χ2n) is 5.80. The molecule has 1 aromatic heterocycles. The molecule has 2 aliphatic heterocycles. The third-order valence-corrected chi connectivity index (χ3v) is 4.23. The normalized spacial score (nSPS) is 31.7. The molecule has 0 bridgehead atoms. The van der Waals surface area contributed by atoms with E-state index in [4.69, 9.17) is 4.74 Å². The Bertz CT molecular complexity index is 395. The average molecular weight is 268 g/mol. The van der Waals surface area contributed by atoms with Gasteiger partial charge in [-0.25, -0.2) is 4.68 Å². The molecule has 19 heavy (non-hydrogen) atoms. The van der Waals surface area contributed by atoms with Crippen LogP contribution in [0, 0.1) is 0 Å². The number of nitrogens with zero attached hydrogens (tertiary/aromatic N) is 4. The van der Waals surface area contributed by atoms with Crippen molar-refractivity contribution in [3.05, 3.63) is 5.82 Å². The fourth-order valence-electron chi connectivity index (χ4n) is 2.90. The molecule has 3 rings (SSSR count). The van der Waals surface area contributed by atoms with Crippen LogP contribution in [0.3, 0.4) is 0 Å². The van der Waals surface area contributed by atoms with Crippen molar-refractivity contribution in [3.63, 3.8) is 0 Å². The average Bonchev–Trinajstić information content (AvgIpc) is 3.06. The lowest BCUT2D eigenvalue weighted by Gasteiger charge is -2.26. The SMILES string of the molecule is C[NH+]1CC[NH+](Cc2nnnn2C[C@@H]2CCCO2)CC1. The lowest BCUT2D eigenvalue weighted by atomic mass is 10.2. The molecule has 0 aromatic carbocycles. The predicted molar refractivity (Wildman–Crippen MR) is 67.8 cm³/mol. The summed E-state index contributed by atoms with van der Waals surface area (Å²) < 4.78 is 7.60. The molecular formula is C12H24N6O+2. The monoisotopic (exact) mass is 268 g/mol. The quantitative estimate of drug-likeness (QED) is 0.603. The lowest BCUT2D eigenvalue weighted by Crippen LogP contribution is -3.26. The Morgan fingerprint density at radius 1 is 1.32 bits per heavy atom. The topological polar surface area (TPSA) is 61.7 Å². The van der Waals surface area contributed by atoms with Gasteiger partial charge in [0.1, 0.15) is 32.7 Å². The van der Waals surface area contributed by atoms with Crippen molar-refractivity contribution in [3.8, 4) is 0 Å². The number of hydrogen-bond acceptors (Lipinski definition) is 4. The molecule has 1 aromatic rings. The van der Waals surface area contributed by atoms with E-state index < -0.39 is 0 Å². The summed E-state index contributed by atoms with van der Waals surface area (Å²) in [6.45, 7) is 7.52. The van der Waals surface area contributed by atoms with Gasteiger partial charge in [0.05, 0.1) is 19.7 Å². The minimum atomic E-state index is 0.300. The van der Waals surface area contributed by atoms with Gasteiger partial charge in [-0.15, -0.1) is 5.10 Å². The molecule has 0 spiro atoms. The number of tetrazole rings is 1. The zero-order chi connectivity index (χ0) is 13.1. The van der Waals surface area contributed by atoms with Crippen molar-refractivity contribution in [2.24, 2.45) is 0 Å². The molecule has 2 aliphatic rings. The zero-order valence-corrected chi connectivity index (χ0v) is 11.6. The molecule has 0 amide bonds. The molecule has 2 saturated heterocycles. The Morgan fingerprint density at radius 3 is 2.89 bits per heavy atom. The van der Waals surface area contributed by atoms with Crippen LogP contribution in [-0.2, 0) is 17.8 Å². The molecule has 7 heteroatoms. The van der Waals surface area contributed by atoms with Gasteiger partial charge in [-0.3, -0.25) is 0 Å². The number of quaternary nitrogens is 2. The maximum atomic E-state index is 5.66. The fourth-order valence-corrected chi connectivity index (χ4v) is 2.90. The first-order valence-electron chi connectivity index (χ1n) is 7.33. The molecule has 0 saturated carbocycles. The molecule has 0 aliphatic carbocycles. The summed E-state index contributed by atoms with van der Waals surface area (Å²) in [5, 5.41) is 12.1. The van der Waals surface area contributed by atoms with Crippen LogP contribution in [0.1, 0.15) is 18.7 Å². The Labute approximate surface area is 113 Å². The van der Waals surface area contributed by atoms with Gasteiger partial charge >= 0.3 is 0 Å². The summed E-state index contributed by atoms with van der Waals surface area (Å²) in [6.07, 6.45) is 2.59. The first-order chi connectivity index (χ1) is 9.31. The highest BCUT2D eigenvalue weighted by atomic mass is 16.5. The molecule has 7 nitrogen and oxygen atoms in total. The first kappa shape index (κ1) is 13.0. The molecular weight excluding hydrogens is 244 g/mol. The van der Waals surface area contributed by atoms with Crippen LogP contribution in [0.25, 0.3) is 0 Å². The van der Waals surface area contributed by atoms with Gasteiger partial charge in [0.2, 0.25) is 5.82 Å². The van der Waals surface area contributed by atoms with Gasteiger partial charge in [0, 0.05) is 6.61 Å². The van der Waals surface area contributed by atoms with Crippen LogP contribution in [0.4, 0.5) is 0 Å². The molecule has 0 unspecified atom stereocenters. The number of piperazine rings is 1. The summed E-state index contributed by atoms with van der Waals surface area (Å²) in [7, 11) is 2.26. The van der Waals surface area contributed by atoms with E-state index in [2.05, 4.69) is 22.6 Å². The van der Waals surface area contributed by atoms with Crippen molar-refractivity contribution in [1.29, 1.82) is 0 Å². The standard InChI is InChI=1S/C12H22N6O/c1-16-4-6-17(7-5-16)10-12-13-14-15-18(12)9-11-3-2-8-19-11/h11H,2-10H2,1H3/p+2/t11-/m0/s1. The highest BCUT2D eigenvalue weighted by Crippen LogP contribution is 2.13. The number of rotatable bonds is 4. The van der Waals surface area contributed by atoms with Crippen LogP contribution < -0.4 is 9.80 Å². The minimum absolute atomic E-state index is 0.300. The maximum absolute atomic E-state index is 5.66. The van der Waals surface area contributed by atoms with Crippen LogP contribution in [-0.4, -0.2) is 66.1 Å². The molecule has 2 fully saturated rings. The van der Waals surface area contributed by atoms with Gasteiger partial charge in [-0.2, -0.15) is 0 Å². The summed E-state index contributed by atoms with van der Waals surface area (Å²) >= 11 is 0. The third kappa shape index (κ3) is 3.29. The van der Waals surface area contributed by atoms with E-state index in [0.717, 1.165) is 38.4 Å². The number of nitrogens with one attached hydrogen (secondary N) is 2. The van der Waals surface area contributed by atoms with Gasteiger partial charge < -0.3 is 14.5 Å². The second kappa shape index (κ2) is 5.94. The molecule has 3 heterocycles. The van der Waals surface area contributed by atoms with E-state index in [-0.39, 0.29) is 0 Å². The highest BCUT2D eigenvalue weighted by Gasteiger charge is 2.24. The van der Waals surface area contributed by atoms with Crippen molar-refractivity contribution >= 4 is 0 Å². The van der Waals surface area contributed by atoms with E-state index in [1.165, 1.54) is 26.2 Å². The Kier molecular flexibility index (Phi) is 4.05. The van der Waals surface area contributed by atoms with Crippen molar-refractivity contribution in [1.82, 2.24) is 20.2 Å². The van der Waals surface area contributed by atoms with Gasteiger partial charge in [0.15, 0.2) is 0 Å². The number of likely N-dealkylation sites (N-methyl/N-ethyl adjacent to an activating group) is 1. The van der Waals surface area contributed by atoms with E-state index in [0.29, 0.717) is 6.10 Å². The van der Waals surface area contributed by atoms with Gasteiger partial charge in [-0.1, -0.05) is 0 Å². The minimum Gasteiger partial charge on any atom is -0.376 e. The zero-order valence-electron chi connectivity index (χ0n) is 11.6. The molecule has 2 N–H and O–H groups in total. The smallest absolute Gasteiger partial charge is 0.206 e. The van der Waals surface area contributed by atoms with Gasteiger partial charge in [-0.05, 0) is 23.3 Å². The van der Waals surface area contributed by atoms with E-state index in [1.807, 2.05) is 4.68 Å². The number of aromatic nitrogens is 4. The third-order valence-electron chi connectivity index (χ3n) is 4.23. The Hall–Kier alpha value is -1.05. The number of hydrogen-bond donors (Lipinski definition) is 2. The summed E-state index contributed by atoms with van der Waals surface area (Å²) in [5.74, 6) is 1.00. The number of ether oxygens (including phenoxy) is 1. The van der Waals surface area contributed by atoms with E-state index in [1.54, 1.807) is 9.80 Å². The van der Waals surface area contributed by atoms with Crippen LogP contribution in [0.5, 0.6) is 0 Å². The van der Waals surface area contributed by atoms with Crippen LogP contribution in [0.15, 0.2) is 0 Å². The van der Waals surface area contributed by atoms with Crippen molar-refractivity contribution in [2.75, 3.05) is 39.8 Å². The molecule has 1 atom stereocenters. The summed E-state index contributed by atoms with van der Waals surface area (Å²) in [6, 6.07) is 0. The first-order valence-corrected chi connectivity index (χ1v) is 7.33. The van der Waals surface area contributed by atoms with Crippen LogP contribution in [0.2, 0.25) is 0 Å². The van der Waals surface area contributed by atoms with Gasteiger partial charge in [0.25, 0.3) is 0 Å². The van der Waals surface area contributed by atoms with Crippen LogP contribution >= 0.6 is 0 Å². The second-order valence-corrected chi connectivity index (χ2v) is 5.80.